The minimum absolute atomic E-state index is 0.0319. The van der Waals surface area contributed by atoms with Crippen molar-refractivity contribution < 1.29 is 13.9 Å². The summed E-state index contributed by atoms with van der Waals surface area (Å²) in [4.78, 5) is 0. The lowest BCUT2D eigenvalue weighted by Gasteiger charge is -2.29. The number of rotatable bonds is 0. The summed E-state index contributed by atoms with van der Waals surface area (Å²) in [6, 6.07) is 4.58. The third kappa shape index (κ3) is 0.989. The van der Waals surface area contributed by atoms with Crippen molar-refractivity contribution in [1.29, 1.82) is 0 Å². The van der Waals surface area contributed by atoms with Crippen molar-refractivity contribution in [3.05, 3.63) is 29.6 Å². The van der Waals surface area contributed by atoms with E-state index in [0.29, 0.717) is 0 Å². The van der Waals surface area contributed by atoms with Crippen molar-refractivity contribution >= 4 is 0 Å². The second-order valence-electron chi connectivity index (χ2n) is 4.36. The fraction of sp³-hybridized carbons (Fsp3) is 0.455. The molecular formula is C11H11FO2. The van der Waals surface area contributed by atoms with Crippen LogP contribution in [-0.2, 0) is 4.74 Å². The molecule has 0 radical (unpaired) electrons. The normalized spacial score (nSPS) is 31.4. The molecule has 0 aromatic heterocycles. The molecule has 1 fully saturated rings. The number of epoxide rings is 1. The van der Waals surface area contributed by atoms with Gasteiger partial charge < -0.3 is 9.47 Å². The van der Waals surface area contributed by atoms with E-state index in [0.717, 1.165) is 11.3 Å². The number of hydrogen-bond acceptors (Lipinski definition) is 2. The van der Waals surface area contributed by atoms with Gasteiger partial charge in [-0.3, -0.25) is 0 Å². The van der Waals surface area contributed by atoms with Crippen LogP contribution in [0.1, 0.15) is 25.5 Å². The lowest BCUT2D eigenvalue weighted by atomic mass is 9.94. The van der Waals surface area contributed by atoms with Crippen LogP contribution in [0.2, 0.25) is 0 Å². The fourth-order valence-electron chi connectivity index (χ4n) is 2.05. The van der Waals surface area contributed by atoms with E-state index in [1.807, 2.05) is 13.8 Å². The average molecular weight is 194 g/mol. The van der Waals surface area contributed by atoms with Crippen LogP contribution in [0.3, 0.4) is 0 Å². The molecule has 3 heteroatoms. The lowest BCUT2D eigenvalue weighted by molar-refractivity contribution is 0.0724. The standard InChI is InChI=1S/C11H11FO2/c1-11(2)10-9(13-10)7-5-6(12)3-4-8(7)14-11/h3-5,9-10H,1-2H3/t9-,10-/m1/s1. The Labute approximate surface area is 81.6 Å². The van der Waals surface area contributed by atoms with Gasteiger partial charge in [-0.15, -0.1) is 0 Å². The molecule has 0 bridgehead atoms. The molecule has 2 aliphatic heterocycles. The summed E-state index contributed by atoms with van der Waals surface area (Å²) in [5.74, 6) is 0.511. The molecule has 0 unspecified atom stereocenters. The van der Waals surface area contributed by atoms with E-state index in [4.69, 9.17) is 9.47 Å². The number of hydrogen-bond donors (Lipinski definition) is 0. The van der Waals surface area contributed by atoms with Crippen molar-refractivity contribution in [2.45, 2.75) is 31.7 Å². The molecule has 0 amide bonds. The second-order valence-corrected chi connectivity index (χ2v) is 4.36. The van der Waals surface area contributed by atoms with Crippen molar-refractivity contribution in [2.75, 3.05) is 0 Å². The molecule has 0 saturated carbocycles. The van der Waals surface area contributed by atoms with E-state index in [9.17, 15) is 4.39 Å². The van der Waals surface area contributed by atoms with Crippen LogP contribution in [0.15, 0.2) is 18.2 Å². The Morgan fingerprint density at radius 3 is 2.93 bits per heavy atom. The van der Waals surface area contributed by atoms with E-state index in [1.165, 1.54) is 12.1 Å². The molecule has 14 heavy (non-hydrogen) atoms. The molecule has 2 nitrogen and oxygen atoms in total. The molecule has 3 rings (SSSR count). The lowest BCUT2D eigenvalue weighted by Crippen LogP contribution is -2.37. The Morgan fingerprint density at radius 1 is 1.36 bits per heavy atom. The Morgan fingerprint density at radius 2 is 2.14 bits per heavy atom. The third-order valence-electron chi connectivity index (χ3n) is 2.83. The minimum Gasteiger partial charge on any atom is -0.485 e. The van der Waals surface area contributed by atoms with E-state index >= 15 is 0 Å². The van der Waals surface area contributed by atoms with Crippen molar-refractivity contribution in [1.82, 2.24) is 0 Å². The van der Waals surface area contributed by atoms with Crippen LogP contribution in [0.25, 0.3) is 0 Å². The van der Waals surface area contributed by atoms with Gasteiger partial charge >= 0.3 is 0 Å². The highest BCUT2D eigenvalue weighted by molar-refractivity contribution is 5.42. The van der Waals surface area contributed by atoms with E-state index in [2.05, 4.69) is 0 Å². The van der Waals surface area contributed by atoms with Crippen LogP contribution in [0.4, 0.5) is 4.39 Å². The maximum absolute atomic E-state index is 13.0. The van der Waals surface area contributed by atoms with Crippen LogP contribution < -0.4 is 4.74 Å². The molecule has 1 saturated heterocycles. The molecule has 1 aromatic carbocycles. The molecule has 0 aliphatic carbocycles. The van der Waals surface area contributed by atoms with Gasteiger partial charge in [-0.1, -0.05) is 0 Å². The zero-order chi connectivity index (χ0) is 9.92. The molecule has 2 heterocycles. The van der Waals surface area contributed by atoms with E-state index in [-0.39, 0.29) is 23.6 Å². The van der Waals surface area contributed by atoms with Crippen LogP contribution >= 0.6 is 0 Å². The summed E-state index contributed by atoms with van der Waals surface area (Å²) in [7, 11) is 0. The highest BCUT2D eigenvalue weighted by Crippen LogP contribution is 2.53. The Bertz CT molecular complexity index is 400. The van der Waals surface area contributed by atoms with Crippen LogP contribution in [-0.4, -0.2) is 11.7 Å². The highest BCUT2D eigenvalue weighted by Gasteiger charge is 2.56. The molecule has 2 atom stereocenters. The number of halogens is 1. The molecular weight excluding hydrogens is 183 g/mol. The van der Waals surface area contributed by atoms with Crippen LogP contribution in [0.5, 0.6) is 5.75 Å². The smallest absolute Gasteiger partial charge is 0.132 e. The monoisotopic (exact) mass is 194 g/mol. The van der Waals surface area contributed by atoms with Gasteiger partial charge in [0.2, 0.25) is 0 Å². The Hall–Kier alpha value is -1.09. The van der Waals surface area contributed by atoms with Crippen molar-refractivity contribution in [3.8, 4) is 5.75 Å². The maximum Gasteiger partial charge on any atom is 0.132 e. The summed E-state index contributed by atoms with van der Waals surface area (Å²) in [5, 5.41) is 0. The highest BCUT2D eigenvalue weighted by atomic mass is 19.1. The first-order valence-corrected chi connectivity index (χ1v) is 4.72. The predicted octanol–water partition coefficient (Wildman–Crippen LogP) is 2.44. The summed E-state index contributed by atoms with van der Waals surface area (Å²) in [6.07, 6.45) is 0.112. The Kier molecular flexibility index (Phi) is 1.34. The first-order chi connectivity index (χ1) is 6.58. The summed E-state index contributed by atoms with van der Waals surface area (Å²) in [6.45, 7) is 3.98. The SMILES string of the molecule is CC1(C)Oc2ccc(F)cc2[C@H]2O[C@H]21. The van der Waals surface area contributed by atoms with Gasteiger partial charge in [0.1, 0.15) is 29.4 Å². The van der Waals surface area contributed by atoms with Gasteiger partial charge in [0.15, 0.2) is 0 Å². The zero-order valence-corrected chi connectivity index (χ0v) is 8.08. The minimum atomic E-state index is -0.296. The average Bonchev–Trinajstić information content (AvgIpc) is 2.86. The van der Waals surface area contributed by atoms with E-state index in [1.54, 1.807) is 6.07 Å². The molecule has 2 aliphatic rings. The zero-order valence-electron chi connectivity index (χ0n) is 8.08. The summed E-state index contributed by atoms with van der Waals surface area (Å²) < 4.78 is 24.2. The first-order valence-electron chi connectivity index (χ1n) is 4.72. The molecule has 0 spiro atoms. The maximum atomic E-state index is 13.0. The van der Waals surface area contributed by atoms with Gasteiger partial charge in [0.05, 0.1) is 0 Å². The van der Waals surface area contributed by atoms with Gasteiger partial charge in [-0.05, 0) is 32.0 Å². The molecule has 0 N–H and O–H groups in total. The molecule has 1 aromatic rings. The third-order valence-corrected chi connectivity index (χ3v) is 2.83. The van der Waals surface area contributed by atoms with Gasteiger partial charge in [0, 0.05) is 5.56 Å². The predicted molar refractivity (Wildman–Crippen MR) is 48.7 cm³/mol. The first kappa shape index (κ1) is 8.24. The van der Waals surface area contributed by atoms with Gasteiger partial charge in [-0.25, -0.2) is 4.39 Å². The number of benzene rings is 1. The topological polar surface area (TPSA) is 21.8 Å². The summed E-state index contributed by atoms with van der Waals surface area (Å²) >= 11 is 0. The fourth-order valence-corrected chi connectivity index (χ4v) is 2.05. The van der Waals surface area contributed by atoms with Crippen molar-refractivity contribution in [2.24, 2.45) is 0 Å². The van der Waals surface area contributed by atoms with Crippen molar-refractivity contribution in [3.63, 3.8) is 0 Å². The van der Waals surface area contributed by atoms with E-state index < -0.39 is 0 Å². The quantitative estimate of drug-likeness (QED) is 0.592. The van der Waals surface area contributed by atoms with Crippen LogP contribution in [0, 0.1) is 5.82 Å². The second kappa shape index (κ2) is 2.28. The number of ether oxygens (including phenoxy) is 2. The largest absolute Gasteiger partial charge is 0.485 e. The molecule has 74 valence electrons. The van der Waals surface area contributed by atoms with Gasteiger partial charge in [0.25, 0.3) is 0 Å². The Balaban J connectivity index is 2.11. The number of fused-ring (bicyclic) bond motifs is 3. The summed E-state index contributed by atoms with van der Waals surface area (Å²) in [5.41, 5.74) is 0.546. The van der Waals surface area contributed by atoms with Gasteiger partial charge in [-0.2, -0.15) is 0 Å².